The molecule has 2 aromatic carbocycles. The van der Waals surface area contributed by atoms with Crippen LogP contribution >= 0.6 is 34.8 Å². The average Bonchev–Trinajstić information content (AvgIpc) is 3.58. The second-order valence-corrected chi connectivity index (χ2v) is 11.9. The van der Waals surface area contributed by atoms with E-state index in [0.717, 1.165) is 11.3 Å². The topological polar surface area (TPSA) is 97.6 Å². The van der Waals surface area contributed by atoms with Crippen molar-refractivity contribution in [3.05, 3.63) is 75.0 Å². The molecule has 0 N–H and O–H groups in total. The first kappa shape index (κ1) is 29.4. The number of esters is 1. The zero-order chi connectivity index (χ0) is 29.3. The van der Waals surface area contributed by atoms with Crippen LogP contribution in [0.25, 0.3) is 0 Å². The number of hydrogen-bond acceptors (Lipinski definition) is 6. The molecule has 41 heavy (non-hydrogen) atoms. The Morgan fingerprint density at radius 2 is 1.78 bits per heavy atom. The first-order valence-corrected chi connectivity index (χ1v) is 14.6. The van der Waals surface area contributed by atoms with Gasteiger partial charge >= 0.3 is 5.97 Å². The summed E-state index contributed by atoms with van der Waals surface area (Å²) in [7, 11) is 1.35. The van der Waals surface area contributed by atoms with Gasteiger partial charge in [-0.25, -0.2) is 9.48 Å². The molecule has 3 aromatic rings. The number of nitrogens with zero attached hydrogens (tertiary/aromatic N) is 5. The molecule has 9 nitrogen and oxygen atoms in total. The van der Waals surface area contributed by atoms with E-state index in [2.05, 4.69) is 10.3 Å². The Kier molecular flexibility index (Phi) is 8.87. The van der Waals surface area contributed by atoms with E-state index in [9.17, 15) is 14.4 Å². The number of carbonyl (C=O) groups excluding carboxylic acids is 3. The number of ether oxygens (including phenoxy) is 1. The van der Waals surface area contributed by atoms with Crippen molar-refractivity contribution >= 4 is 58.3 Å². The van der Waals surface area contributed by atoms with Gasteiger partial charge in [0.2, 0.25) is 11.8 Å². The molecule has 2 aliphatic heterocycles. The molecule has 2 fully saturated rings. The van der Waals surface area contributed by atoms with E-state index in [1.165, 1.54) is 7.11 Å². The highest BCUT2D eigenvalue weighted by Gasteiger charge is 2.40. The van der Waals surface area contributed by atoms with Gasteiger partial charge in [-0.3, -0.25) is 9.59 Å². The highest BCUT2D eigenvalue weighted by molar-refractivity contribution is 6.35. The number of methoxy groups -OCH3 is 1. The number of likely N-dealkylation sites (tertiary alicyclic amines) is 1. The molecule has 3 heterocycles. The normalized spacial score (nSPS) is 21.7. The SMILES string of the molecule is COC(=O)C(Cc1ccc(Cl)cc1)n1cc(C2CCN(C(=O)C3CC(=O)N(c4cc(Cl)cc(Cl)c4)C3)C(C)C2)nn1. The summed E-state index contributed by atoms with van der Waals surface area (Å²) in [5.41, 5.74) is 2.29. The van der Waals surface area contributed by atoms with Crippen molar-refractivity contribution in [1.29, 1.82) is 0 Å². The van der Waals surface area contributed by atoms with Crippen molar-refractivity contribution in [3.8, 4) is 0 Å². The van der Waals surface area contributed by atoms with Crippen LogP contribution in [0, 0.1) is 5.92 Å². The van der Waals surface area contributed by atoms with Gasteiger partial charge in [-0.1, -0.05) is 52.1 Å². The highest BCUT2D eigenvalue weighted by Crippen LogP contribution is 2.35. The fraction of sp³-hybridized carbons (Fsp3) is 0.414. The molecule has 4 unspecified atom stereocenters. The van der Waals surface area contributed by atoms with Crippen LogP contribution in [0.3, 0.4) is 0 Å². The fourth-order valence-corrected chi connectivity index (χ4v) is 6.36. The Labute approximate surface area is 253 Å². The van der Waals surface area contributed by atoms with Crippen LogP contribution in [0.5, 0.6) is 0 Å². The van der Waals surface area contributed by atoms with Crippen LogP contribution in [0.4, 0.5) is 5.69 Å². The summed E-state index contributed by atoms with van der Waals surface area (Å²) in [6, 6.07) is 11.5. The lowest BCUT2D eigenvalue weighted by Crippen LogP contribution is -2.47. The monoisotopic (exact) mass is 617 g/mol. The van der Waals surface area contributed by atoms with Crippen molar-refractivity contribution in [2.24, 2.45) is 5.92 Å². The van der Waals surface area contributed by atoms with Gasteiger partial charge in [0.25, 0.3) is 0 Å². The molecular weight excluding hydrogens is 589 g/mol. The van der Waals surface area contributed by atoms with Gasteiger partial charge in [-0.05, 0) is 55.7 Å². The number of amides is 2. The predicted octanol–water partition coefficient (Wildman–Crippen LogP) is 5.34. The first-order chi connectivity index (χ1) is 19.6. The van der Waals surface area contributed by atoms with Gasteiger partial charge in [0.05, 0.1) is 18.7 Å². The molecule has 2 aliphatic rings. The molecule has 0 radical (unpaired) electrons. The minimum atomic E-state index is -0.668. The number of aromatic nitrogens is 3. The van der Waals surface area contributed by atoms with Gasteiger partial charge < -0.3 is 14.5 Å². The third-order valence-electron chi connectivity index (χ3n) is 7.87. The van der Waals surface area contributed by atoms with Gasteiger partial charge in [-0.2, -0.15) is 0 Å². The number of piperidine rings is 1. The van der Waals surface area contributed by atoms with Crippen LogP contribution in [0.15, 0.2) is 48.7 Å². The van der Waals surface area contributed by atoms with E-state index in [0.29, 0.717) is 46.6 Å². The molecule has 1 aromatic heterocycles. The third kappa shape index (κ3) is 6.52. The van der Waals surface area contributed by atoms with Crippen molar-refractivity contribution in [2.45, 2.75) is 50.6 Å². The van der Waals surface area contributed by atoms with Gasteiger partial charge in [0, 0.05) is 64.8 Å². The summed E-state index contributed by atoms with van der Waals surface area (Å²) < 4.78 is 6.59. The average molecular weight is 619 g/mol. The maximum absolute atomic E-state index is 13.5. The van der Waals surface area contributed by atoms with Crippen LogP contribution < -0.4 is 4.90 Å². The second-order valence-electron chi connectivity index (χ2n) is 10.6. The van der Waals surface area contributed by atoms with Crippen LogP contribution in [-0.2, 0) is 25.5 Å². The molecule has 0 bridgehead atoms. The van der Waals surface area contributed by atoms with Crippen LogP contribution in [0.2, 0.25) is 15.1 Å². The summed E-state index contributed by atoms with van der Waals surface area (Å²) >= 11 is 18.3. The number of benzene rings is 2. The molecule has 5 rings (SSSR count). The summed E-state index contributed by atoms with van der Waals surface area (Å²) in [6.45, 7) is 2.84. The Morgan fingerprint density at radius 3 is 2.44 bits per heavy atom. The van der Waals surface area contributed by atoms with Gasteiger partial charge in [-0.15, -0.1) is 5.10 Å². The van der Waals surface area contributed by atoms with Crippen molar-refractivity contribution < 1.29 is 19.1 Å². The van der Waals surface area contributed by atoms with Crippen molar-refractivity contribution in [3.63, 3.8) is 0 Å². The maximum atomic E-state index is 13.5. The van der Waals surface area contributed by atoms with Crippen molar-refractivity contribution in [1.82, 2.24) is 19.9 Å². The zero-order valence-electron chi connectivity index (χ0n) is 22.7. The number of anilines is 1. The highest BCUT2D eigenvalue weighted by atomic mass is 35.5. The molecule has 216 valence electrons. The summed E-state index contributed by atoms with van der Waals surface area (Å²) in [6.07, 6.45) is 3.72. The Hall–Kier alpha value is -3.14. The van der Waals surface area contributed by atoms with Crippen LogP contribution in [-0.4, -0.2) is 63.9 Å². The largest absolute Gasteiger partial charge is 0.467 e. The van der Waals surface area contributed by atoms with Gasteiger partial charge in [0.15, 0.2) is 6.04 Å². The number of halogens is 3. The molecule has 0 spiro atoms. The molecule has 4 atom stereocenters. The van der Waals surface area contributed by atoms with E-state index >= 15 is 0 Å². The van der Waals surface area contributed by atoms with E-state index < -0.39 is 17.9 Å². The lowest BCUT2D eigenvalue weighted by Gasteiger charge is -2.38. The predicted molar refractivity (Wildman–Crippen MR) is 156 cm³/mol. The lowest BCUT2D eigenvalue weighted by atomic mass is 9.88. The second kappa shape index (κ2) is 12.4. The van der Waals surface area contributed by atoms with Crippen molar-refractivity contribution in [2.75, 3.05) is 25.1 Å². The third-order valence-corrected chi connectivity index (χ3v) is 8.56. The molecule has 2 amide bonds. The van der Waals surface area contributed by atoms with Gasteiger partial charge in [0.1, 0.15) is 0 Å². The minimum Gasteiger partial charge on any atom is -0.467 e. The molecule has 12 heteroatoms. The van der Waals surface area contributed by atoms with E-state index in [-0.39, 0.29) is 36.7 Å². The molecule has 0 saturated carbocycles. The number of hydrogen-bond donors (Lipinski definition) is 0. The Balaban J connectivity index is 1.23. The minimum absolute atomic E-state index is 0.0303. The summed E-state index contributed by atoms with van der Waals surface area (Å²) in [5, 5.41) is 10.2. The van der Waals surface area contributed by atoms with E-state index in [1.54, 1.807) is 46.1 Å². The van der Waals surface area contributed by atoms with Crippen LogP contribution in [0.1, 0.15) is 49.4 Å². The smallest absolute Gasteiger partial charge is 0.331 e. The quantitative estimate of drug-likeness (QED) is 0.332. The Morgan fingerprint density at radius 1 is 1.07 bits per heavy atom. The standard InChI is InChI=1S/C29H30Cl3N5O4/c1-17-9-19(25-16-37(34-33-25)26(29(40)41-2)10-18-3-5-21(30)6-4-18)7-8-35(17)28(39)20-11-27(38)36(15-20)24-13-22(31)12-23(32)14-24/h3-6,12-14,16-17,19-20,26H,7-11,15H2,1-2H3. The van der Waals surface area contributed by atoms with E-state index in [4.69, 9.17) is 39.5 Å². The van der Waals surface area contributed by atoms with E-state index in [1.807, 2.05) is 24.0 Å². The number of carbonyl (C=O) groups is 3. The fourth-order valence-electron chi connectivity index (χ4n) is 5.71. The maximum Gasteiger partial charge on any atom is 0.331 e. The molecule has 0 aliphatic carbocycles. The zero-order valence-corrected chi connectivity index (χ0v) is 24.9. The molecule has 2 saturated heterocycles. The first-order valence-electron chi connectivity index (χ1n) is 13.4. The summed E-state index contributed by atoms with van der Waals surface area (Å²) in [4.78, 5) is 42.4. The Bertz CT molecular complexity index is 1430. The molecular formula is C29H30Cl3N5O4. The lowest BCUT2D eigenvalue weighted by molar-refractivity contribution is -0.145. The summed E-state index contributed by atoms with van der Waals surface area (Å²) in [5.74, 6) is -0.928. The number of rotatable bonds is 7.